The summed E-state index contributed by atoms with van der Waals surface area (Å²) >= 11 is 1.24. The summed E-state index contributed by atoms with van der Waals surface area (Å²) in [6.45, 7) is 3.94. The Bertz CT molecular complexity index is 343. The number of ether oxygens (including phenoxy) is 1. The summed E-state index contributed by atoms with van der Waals surface area (Å²) < 4.78 is 5.02. The number of thiazole rings is 1. The van der Waals surface area contributed by atoms with E-state index in [2.05, 4.69) is 10.3 Å². The SMILES string of the molecule is CC(C)C[C@H](NC=O)C(=O)Oc1nccs1.[CaH2]. The molecule has 0 fully saturated rings. The first kappa shape index (κ1) is 16.8. The van der Waals surface area contributed by atoms with Gasteiger partial charge in [0.2, 0.25) is 6.41 Å². The Morgan fingerprint density at radius 1 is 1.65 bits per heavy atom. The third-order valence-electron chi connectivity index (χ3n) is 1.86. The predicted octanol–water partition coefficient (Wildman–Crippen LogP) is 0.293. The number of hydrogen-bond donors (Lipinski definition) is 1. The fraction of sp³-hybridized carbons (Fsp3) is 0.500. The minimum absolute atomic E-state index is 0. The summed E-state index contributed by atoms with van der Waals surface area (Å²) in [5.41, 5.74) is 0. The second-order valence-corrected chi connectivity index (χ2v) is 4.54. The number of rotatable bonds is 6. The fourth-order valence-corrected chi connectivity index (χ4v) is 1.69. The average Bonchev–Trinajstić information content (AvgIpc) is 2.69. The van der Waals surface area contributed by atoms with Crippen molar-refractivity contribution in [3.05, 3.63) is 11.6 Å². The number of carbonyl (C=O) groups excluding carboxylic acids is 2. The number of hydrogen-bond acceptors (Lipinski definition) is 5. The van der Waals surface area contributed by atoms with Gasteiger partial charge >= 0.3 is 43.7 Å². The van der Waals surface area contributed by atoms with E-state index in [1.54, 1.807) is 11.6 Å². The van der Waals surface area contributed by atoms with Crippen molar-refractivity contribution in [3.63, 3.8) is 0 Å². The van der Waals surface area contributed by atoms with Crippen LogP contribution in [0.1, 0.15) is 20.3 Å². The molecule has 0 unspecified atom stereocenters. The molecule has 1 N–H and O–H groups in total. The standard InChI is InChI=1S/C10H14N2O3S.Ca.2H/c1-7(2)5-8(12-6-13)9(14)15-10-11-3-4-16-10;;;/h3-4,6-8H,5H2,1-2H3,(H,12,13);;;/t8-;;;/m0.../s1. The predicted molar refractivity (Wildman–Crippen MR) is 68.7 cm³/mol. The molecule has 1 aromatic rings. The molecule has 0 aliphatic carbocycles. The van der Waals surface area contributed by atoms with Gasteiger partial charge in [-0.1, -0.05) is 25.2 Å². The molecular weight excluding hydrogens is 268 g/mol. The Morgan fingerprint density at radius 3 is 2.82 bits per heavy atom. The topological polar surface area (TPSA) is 68.3 Å². The molecule has 0 aliphatic rings. The van der Waals surface area contributed by atoms with Gasteiger partial charge in [0.25, 0.3) is 5.19 Å². The van der Waals surface area contributed by atoms with Gasteiger partial charge in [0, 0.05) is 11.6 Å². The van der Waals surface area contributed by atoms with Crippen LogP contribution in [-0.2, 0) is 9.59 Å². The van der Waals surface area contributed by atoms with E-state index in [4.69, 9.17) is 4.74 Å². The molecule has 1 heterocycles. The van der Waals surface area contributed by atoms with E-state index in [-0.39, 0.29) is 37.7 Å². The van der Waals surface area contributed by atoms with Crippen LogP contribution < -0.4 is 10.1 Å². The maximum atomic E-state index is 11.7. The van der Waals surface area contributed by atoms with E-state index in [1.165, 1.54) is 11.3 Å². The van der Waals surface area contributed by atoms with Crippen molar-refractivity contribution in [2.45, 2.75) is 26.3 Å². The van der Waals surface area contributed by atoms with Gasteiger partial charge in [-0.15, -0.1) is 0 Å². The van der Waals surface area contributed by atoms with Crippen molar-refractivity contribution in [1.82, 2.24) is 10.3 Å². The zero-order valence-corrected chi connectivity index (χ0v) is 9.99. The normalized spacial score (nSPS) is 11.5. The Hall–Kier alpha value is -0.170. The molecule has 0 aliphatic heterocycles. The van der Waals surface area contributed by atoms with Crippen LogP contribution >= 0.6 is 11.3 Å². The molecule has 1 aromatic heterocycles. The van der Waals surface area contributed by atoms with Crippen LogP contribution in [0.3, 0.4) is 0 Å². The van der Waals surface area contributed by atoms with Gasteiger partial charge in [-0.25, -0.2) is 9.78 Å². The van der Waals surface area contributed by atoms with Gasteiger partial charge in [-0.2, -0.15) is 0 Å². The second-order valence-electron chi connectivity index (χ2n) is 3.69. The van der Waals surface area contributed by atoms with Crippen molar-refractivity contribution < 1.29 is 14.3 Å². The summed E-state index contributed by atoms with van der Waals surface area (Å²) in [5.74, 6) is -0.183. The minimum atomic E-state index is -0.610. The van der Waals surface area contributed by atoms with E-state index >= 15 is 0 Å². The molecular formula is C10H16CaN2O3S. The van der Waals surface area contributed by atoms with Crippen LogP contribution in [0.5, 0.6) is 5.19 Å². The van der Waals surface area contributed by atoms with E-state index in [0.29, 0.717) is 23.9 Å². The van der Waals surface area contributed by atoms with Crippen LogP contribution in [0, 0.1) is 5.92 Å². The molecule has 1 atom stereocenters. The number of nitrogens with zero attached hydrogens (tertiary/aromatic N) is 1. The zero-order valence-electron chi connectivity index (χ0n) is 9.17. The maximum absolute atomic E-state index is 11.7. The quantitative estimate of drug-likeness (QED) is 0.463. The second kappa shape index (κ2) is 8.85. The molecule has 0 spiro atoms. The Morgan fingerprint density at radius 2 is 2.35 bits per heavy atom. The van der Waals surface area contributed by atoms with Gasteiger partial charge in [0.1, 0.15) is 6.04 Å². The summed E-state index contributed by atoms with van der Waals surface area (Å²) in [5, 5.41) is 4.46. The number of carbonyl (C=O) groups is 2. The van der Waals surface area contributed by atoms with Crippen molar-refractivity contribution in [3.8, 4) is 5.19 Å². The summed E-state index contributed by atoms with van der Waals surface area (Å²) in [7, 11) is 0. The van der Waals surface area contributed by atoms with E-state index in [0.717, 1.165) is 0 Å². The van der Waals surface area contributed by atoms with Crippen LogP contribution in [0.25, 0.3) is 0 Å². The monoisotopic (exact) mass is 284 g/mol. The van der Waals surface area contributed by atoms with Crippen LogP contribution in [0.2, 0.25) is 0 Å². The molecule has 92 valence electrons. The van der Waals surface area contributed by atoms with Gasteiger partial charge in [0.05, 0.1) is 0 Å². The van der Waals surface area contributed by atoms with Gasteiger partial charge in [-0.3, -0.25) is 4.79 Å². The first-order valence-corrected chi connectivity index (χ1v) is 5.82. The molecule has 17 heavy (non-hydrogen) atoms. The van der Waals surface area contributed by atoms with Crippen molar-refractivity contribution in [1.29, 1.82) is 0 Å². The third-order valence-corrected chi connectivity index (χ3v) is 2.51. The van der Waals surface area contributed by atoms with Crippen molar-refractivity contribution >= 4 is 61.5 Å². The Balaban J connectivity index is 0.00000256. The molecule has 0 saturated carbocycles. The van der Waals surface area contributed by atoms with E-state index in [1.807, 2.05) is 13.8 Å². The van der Waals surface area contributed by atoms with Gasteiger partial charge < -0.3 is 10.1 Å². The molecule has 0 bridgehead atoms. The van der Waals surface area contributed by atoms with Crippen molar-refractivity contribution in [2.75, 3.05) is 0 Å². The van der Waals surface area contributed by atoms with Crippen molar-refractivity contribution in [2.24, 2.45) is 5.92 Å². The van der Waals surface area contributed by atoms with E-state index < -0.39 is 12.0 Å². The first-order chi connectivity index (χ1) is 7.63. The number of esters is 1. The van der Waals surface area contributed by atoms with Gasteiger partial charge in [0.15, 0.2) is 0 Å². The molecule has 0 saturated heterocycles. The fourth-order valence-electron chi connectivity index (χ4n) is 1.20. The molecule has 0 radical (unpaired) electrons. The number of nitrogens with one attached hydrogen (secondary N) is 1. The van der Waals surface area contributed by atoms with E-state index in [9.17, 15) is 9.59 Å². The van der Waals surface area contributed by atoms with Crippen LogP contribution in [0.15, 0.2) is 11.6 Å². The zero-order chi connectivity index (χ0) is 12.0. The van der Waals surface area contributed by atoms with Gasteiger partial charge in [-0.05, 0) is 12.3 Å². The Kier molecular flexibility index (Phi) is 8.76. The number of aromatic nitrogens is 1. The summed E-state index contributed by atoms with van der Waals surface area (Å²) in [6.07, 6.45) is 2.61. The molecule has 7 heteroatoms. The summed E-state index contributed by atoms with van der Waals surface area (Å²) in [6, 6.07) is -0.610. The molecule has 1 amide bonds. The molecule has 0 aromatic carbocycles. The average molecular weight is 284 g/mol. The van der Waals surface area contributed by atoms with Crippen LogP contribution in [-0.4, -0.2) is 61.1 Å². The molecule has 1 rings (SSSR count). The summed E-state index contributed by atoms with van der Waals surface area (Å²) in [4.78, 5) is 25.9. The third kappa shape index (κ3) is 6.35. The first-order valence-electron chi connectivity index (χ1n) is 4.94. The van der Waals surface area contributed by atoms with Crippen LogP contribution in [0.4, 0.5) is 0 Å². The Labute approximate surface area is 134 Å². The number of amides is 1. The molecule has 5 nitrogen and oxygen atoms in total.